The molecule has 1 fully saturated rings. The van der Waals surface area contributed by atoms with Crippen LogP contribution in [0.15, 0.2) is 0 Å². The number of nitrogens with one attached hydrogen (secondary N) is 1. The lowest BCUT2D eigenvalue weighted by atomic mass is 9.97. The first-order valence-corrected chi connectivity index (χ1v) is 6.24. The van der Waals surface area contributed by atoms with Gasteiger partial charge in [-0.1, -0.05) is 0 Å². The quantitative estimate of drug-likeness (QED) is 0.661. The Morgan fingerprint density at radius 3 is 2.60 bits per heavy atom. The molecular formula is C12H27N3. The summed E-state index contributed by atoms with van der Waals surface area (Å²) in [6, 6.07) is 0. The van der Waals surface area contributed by atoms with Crippen molar-refractivity contribution >= 4 is 0 Å². The molecule has 15 heavy (non-hydrogen) atoms. The molecule has 1 aliphatic rings. The van der Waals surface area contributed by atoms with Gasteiger partial charge in [0.05, 0.1) is 0 Å². The Bertz CT molecular complexity index is 153. The first kappa shape index (κ1) is 12.9. The molecule has 0 aromatic carbocycles. The lowest BCUT2D eigenvalue weighted by Crippen LogP contribution is -2.36. The van der Waals surface area contributed by atoms with Crippen LogP contribution >= 0.6 is 0 Å². The van der Waals surface area contributed by atoms with Crippen LogP contribution in [0.1, 0.15) is 19.3 Å². The summed E-state index contributed by atoms with van der Waals surface area (Å²) in [5.41, 5.74) is 0. The van der Waals surface area contributed by atoms with Crippen molar-refractivity contribution in [2.45, 2.75) is 19.3 Å². The van der Waals surface area contributed by atoms with Crippen molar-refractivity contribution in [3.05, 3.63) is 0 Å². The largest absolute Gasteiger partial charge is 0.320 e. The van der Waals surface area contributed by atoms with Crippen LogP contribution in [0.4, 0.5) is 0 Å². The maximum atomic E-state index is 3.20. The van der Waals surface area contributed by atoms with E-state index in [0.29, 0.717) is 0 Å². The summed E-state index contributed by atoms with van der Waals surface area (Å²) in [7, 11) is 6.51. The van der Waals surface area contributed by atoms with Gasteiger partial charge < -0.3 is 15.1 Å². The van der Waals surface area contributed by atoms with Crippen LogP contribution in [0.2, 0.25) is 0 Å². The first-order chi connectivity index (χ1) is 7.22. The van der Waals surface area contributed by atoms with E-state index in [0.717, 1.165) is 12.5 Å². The average molecular weight is 213 g/mol. The van der Waals surface area contributed by atoms with Crippen molar-refractivity contribution in [2.24, 2.45) is 5.92 Å². The molecule has 1 saturated heterocycles. The van der Waals surface area contributed by atoms with E-state index in [1.54, 1.807) is 0 Å². The van der Waals surface area contributed by atoms with Crippen molar-refractivity contribution < 1.29 is 0 Å². The predicted octanol–water partition coefficient (Wildman–Crippen LogP) is 0.870. The van der Waals surface area contributed by atoms with Gasteiger partial charge in [0.1, 0.15) is 0 Å². The molecule has 3 heteroatoms. The average Bonchev–Trinajstić information content (AvgIpc) is 2.22. The number of nitrogens with zero attached hydrogens (tertiary/aromatic N) is 2. The fourth-order valence-electron chi connectivity index (χ4n) is 2.30. The monoisotopic (exact) mass is 213 g/mol. The summed E-state index contributed by atoms with van der Waals surface area (Å²) in [6.45, 7) is 6.23. The van der Waals surface area contributed by atoms with Crippen LogP contribution in [0.25, 0.3) is 0 Å². The minimum Gasteiger partial charge on any atom is -0.320 e. The van der Waals surface area contributed by atoms with Crippen LogP contribution in [0.3, 0.4) is 0 Å². The van der Waals surface area contributed by atoms with Crippen LogP contribution in [0, 0.1) is 5.92 Å². The Hall–Kier alpha value is -0.120. The Kier molecular flexibility index (Phi) is 6.22. The molecular weight excluding hydrogens is 186 g/mol. The summed E-state index contributed by atoms with van der Waals surface area (Å²) in [4.78, 5) is 4.94. The topological polar surface area (TPSA) is 18.5 Å². The molecule has 0 radical (unpaired) electrons. The Balaban J connectivity index is 2.06. The highest BCUT2D eigenvalue weighted by Gasteiger charge is 2.17. The van der Waals surface area contributed by atoms with E-state index < -0.39 is 0 Å². The van der Waals surface area contributed by atoms with E-state index in [9.17, 15) is 0 Å². The molecule has 1 aliphatic heterocycles. The lowest BCUT2D eigenvalue weighted by Gasteiger charge is -2.31. The molecule has 90 valence electrons. The number of likely N-dealkylation sites (tertiary alicyclic amines) is 1. The highest BCUT2D eigenvalue weighted by atomic mass is 15.1. The second-order valence-electron chi connectivity index (χ2n) is 4.97. The number of piperidine rings is 1. The van der Waals surface area contributed by atoms with Gasteiger partial charge in [-0.15, -0.1) is 0 Å². The van der Waals surface area contributed by atoms with Crippen molar-refractivity contribution in [1.82, 2.24) is 15.1 Å². The van der Waals surface area contributed by atoms with Gasteiger partial charge in [0, 0.05) is 6.54 Å². The van der Waals surface area contributed by atoms with Gasteiger partial charge in [-0.2, -0.15) is 0 Å². The lowest BCUT2D eigenvalue weighted by molar-refractivity contribution is 0.175. The molecule has 3 nitrogen and oxygen atoms in total. The van der Waals surface area contributed by atoms with E-state index in [4.69, 9.17) is 0 Å². The maximum absolute atomic E-state index is 3.20. The number of rotatable bonds is 6. The summed E-state index contributed by atoms with van der Waals surface area (Å²) in [6.07, 6.45) is 4.03. The molecule has 0 saturated carbocycles. The molecule has 1 N–H and O–H groups in total. The third kappa shape index (κ3) is 5.50. The molecule has 0 spiro atoms. The molecule has 0 aliphatic carbocycles. The van der Waals surface area contributed by atoms with E-state index >= 15 is 0 Å². The van der Waals surface area contributed by atoms with E-state index in [1.165, 1.54) is 45.4 Å². The van der Waals surface area contributed by atoms with Gasteiger partial charge in [-0.25, -0.2) is 0 Å². The smallest absolute Gasteiger partial charge is 0.000757 e. The second kappa shape index (κ2) is 7.20. The molecule has 0 bridgehead atoms. The molecule has 0 aromatic rings. The van der Waals surface area contributed by atoms with Crippen molar-refractivity contribution in [2.75, 3.05) is 53.9 Å². The third-order valence-corrected chi connectivity index (χ3v) is 3.37. The molecule has 0 atom stereocenters. The molecule has 1 rings (SSSR count). The summed E-state index contributed by atoms with van der Waals surface area (Å²) in [5, 5.41) is 3.20. The van der Waals surface area contributed by atoms with Crippen LogP contribution in [-0.2, 0) is 0 Å². The van der Waals surface area contributed by atoms with Gasteiger partial charge >= 0.3 is 0 Å². The van der Waals surface area contributed by atoms with Gasteiger partial charge in [0.25, 0.3) is 0 Å². The third-order valence-electron chi connectivity index (χ3n) is 3.37. The van der Waals surface area contributed by atoms with Crippen molar-refractivity contribution in [1.29, 1.82) is 0 Å². The first-order valence-electron chi connectivity index (χ1n) is 6.24. The minimum atomic E-state index is 0.931. The SMILES string of the molecule is CNCCCN(C)CC1CCN(C)CC1. The van der Waals surface area contributed by atoms with Crippen molar-refractivity contribution in [3.8, 4) is 0 Å². The standard InChI is InChI=1S/C12H27N3/c1-13-7-4-8-15(3)11-12-5-9-14(2)10-6-12/h12-13H,4-11H2,1-3H3. The van der Waals surface area contributed by atoms with Gasteiger partial charge in [0.2, 0.25) is 0 Å². The van der Waals surface area contributed by atoms with E-state index in [-0.39, 0.29) is 0 Å². The summed E-state index contributed by atoms with van der Waals surface area (Å²) >= 11 is 0. The fraction of sp³-hybridized carbons (Fsp3) is 1.00. The fourth-order valence-corrected chi connectivity index (χ4v) is 2.30. The van der Waals surface area contributed by atoms with Crippen LogP contribution < -0.4 is 5.32 Å². The van der Waals surface area contributed by atoms with Gasteiger partial charge in [0.15, 0.2) is 0 Å². The van der Waals surface area contributed by atoms with E-state index in [1.807, 2.05) is 7.05 Å². The summed E-state index contributed by atoms with van der Waals surface area (Å²) < 4.78 is 0. The zero-order valence-electron chi connectivity index (χ0n) is 10.6. The highest BCUT2D eigenvalue weighted by molar-refractivity contribution is 4.72. The Morgan fingerprint density at radius 1 is 1.33 bits per heavy atom. The van der Waals surface area contributed by atoms with Gasteiger partial charge in [-0.3, -0.25) is 0 Å². The Labute approximate surface area is 94.8 Å². The molecule has 0 aromatic heterocycles. The van der Waals surface area contributed by atoms with Crippen LogP contribution in [-0.4, -0.2) is 63.7 Å². The Morgan fingerprint density at radius 2 is 2.00 bits per heavy atom. The maximum Gasteiger partial charge on any atom is 0.000757 e. The van der Waals surface area contributed by atoms with E-state index in [2.05, 4.69) is 29.2 Å². The minimum absolute atomic E-state index is 0.931. The normalized spacial score (nSPS) is 20.0. The molecule has 1 heterocycles. The zero-order valence-corrected chi connectivity index (χ0v) is 10.6. The molecule has 0 unspecified atom stereocenters. The summed E-state index contributed by atoms with van der Waals surface area (Å²) in [5.74, 6) is 0.931. The predicted molar refractivity (Wildman–Crippen MR) is 66.3 cm³/mol. The zero-order chi connectivity index (χ0) is 11.1. The van der Waals surface area contributed by atoms with Crippen LogP contribution in [0.5, 0.6) is 0 Å². The highest BCUT2D eigenvalue weighted by Crippen LogP contribution is 2.16. The number of hydrogen-bond donors (Lipinski definition) is 1. The van der Waals surface area contributed by atoms with Crippen molar-refractivity contribution in [3.63, 3.8) is 0 Å². The van der Waals surface area contributed by atoms with Gasteiger partial charge in [-0.05, 0) is 72.5 Å². The number of hydrogen-bond acceptors (Lipinski definition) is 3. The second-order valence-corrected chi connectivity index (χ2v) is 4.97. The molecule has 0 amide bonds.